The maximum Gasteiger partial charge on any atom is 0.338 e. The van der Waals surface area contributed by atoms with Crippen molar-refractivity contribution in [1.29, 1.82) is 0 Å². The number of carbonyl (C=O) groups excluding carboxylic acids is 2. The minimum Gasteiger partial charge on any atom is -0.459 e. The third-order valence-electron chi connectivity index (χ3n) is 5.49. The largest absolute Gasteiger partial charge is 0.459 e. The van der Waals surface area contributed by atoms with Gasteiger partial charge in [-0.25, -0.2) is 19.6 Å². The van der Waals surface area contributed by atoms with Crippen LogP contribution in [0.25, 0.3) is 11.2 Å². The number of ether oxygens (including phenoxy) is 3. The van der Waals surface area contributed by atoms with Crippen LogP contribution >= 0.6 is 0 Å². The van der Waals surface area contributed by atoms with Crippen molar-refractivity contribution in [2.75, 3.05) is 12.3 Å². The molecule has 0 spiro atoms. The van der Waals surface area contributed by atoms with Crippen LogP contribution in [0.15, 0.2) is 67.0 Å². The van der Waals surface area contributed by atoms with E-state index in [1.165, 1.54) is 24.3 Å². The van der Waals surface area contributed by atoms with Gasteiger partial charge in [0, 0.05) is 0 Å². The quantitative estimate of drug-likeness (QED) is 0.395. The molecule has 1 fully saturated rings. The van der Waals surface area contributed by atoms with Crippen molar-refractivity contribution in [3.63, 3.8) is 0 Å². The van der Waals surface area contributed by atoms with Crippen LogP contribution < -0.4 is 5.73 Å². The molecule has 2 N–H and O–H groups in total. The van der Waals surface area contributed by atoms with Crippen molar-refractivity contribution in [3.05, 3.63) is 78.1 Å². The van der Waals surface area contributed by atoms with E-state index in [1.54, 1.807) is 36.4 Å². The number of nitrogens with zero attached hydrogens (tertiary/aromatic N) is 5. The number of nitrogens with two attached hydrogens (primary N) is 1. The Morgan fingerprint density at radius 3 is 2.31 bits per heavy atom. The second kappa shape index (κ2) is 9.26. The fourth-order valence-corrected chi connectivity index (χ4v) is 3.73. The van der Waals surface area contributed by atoms with E-state index in [0.717, 1.165) is 11.0 Å². The Morgan fingerprint density at radius 1 is 1.00 bits per heavy atom. The molecule has 1 saturated heterocycles. The number of alkyl halides is 2. The zero-order valence-corrected chi connectivity index (χ0v) is 18.4. The minimum absolute atomic E-state index is 0.00585. The maximum absolute atomic E-state index is 15.7. The number of esters is 2. The van der Waals surface area contributed by atoms with Crippen LogP contribution in [0.1, 0.15) is 26.9 Å². The Morgan fingerprint density at radius 2 is 1.64 bits per heavy atom. The molecule has 5 rings (SSSR count). The average Bonchev–Trinajstić information content (AvgIpc) is 3.42. The topological polar surface area (TPSA) is 144 Å². The number of rotatable bonds is 6. The van der Waals surface area contributed by atoms with Crippen LogP contribution in [-0.4, -0.2) is 61.6 Å². The molecule has 1 aliphatic rings. The van der Waals surface area contributed by atoms with Crippen LogP contribution in [0.5, 0.6) is 0 Å². The predicted octanol–water partition coefficient (Wildman–Crippen LogP) is 2.42. The number of anilines is 1. The van der Waals surface area contributed by atoms with Crippen LogP contribution in [0.3, 0.4) is 0 Å². The highest BCUT2D eigenvalue weighted by atomic mass is 19.3. The van der Waals surface area contributed by atoms with Gasteiger partial charge in [-0.05, 0) is 24.3 Å². The first-order chi connectivity index (χ1) is 17.4. The molecule has 3 heterocycles. The van der Waals surface area contributed by atoms with Crippen molar-refractivity contribution in [2.45, 2.75) is 24.4 Å². The summed E-state index contributed by atoms with van der Waals surface area (Å²) in [5, 5.41) is 7.47. The maximum atomic E-state index is 15.7. The Balaban J connectivity index is 1.45. The molecule has 0 aliphatic carbocycles. The summed E-state index contributed by atoms with van der Waals surface area (Å²) in [5.74, 6) is -5.65. The number of halogens is 2. The van der Waals surface area contributed by atoms with Gasteiger partial charge in [-0.3, -0.25) is 0 Å². The van der Waals surface area contributed by atoms with Gasteiger partial charge in [-0.15, -0.1) is 5.10 Å². The van der Waals surface area contributed by atoms with E-state index in [1.807, 2.05) is 0 Å². The number of carbonyl (C=O) groups is 2. The Kier molecular flexibility index (Phi) is 5.98. The van der Waals surface area contributed by atoms with Gasteiger partial charge in [0.1, 0.15) is 19.0 Å². The Bertz CT molecular complexity index is 1400. The van der Waals surface area contributed by atoms with Gasteiger partial charge in [0.25, 0.3) is 0 Å². The van der Waals surface area contributed by atoms with Crippen molar-refractivity contribution in [3.8, 4) is 0 Å². The highest BCUT2D eigenvalue weighted by Gasteiger charge is 2.63. The normalized spacial score (nSPS) is 20.8. The second-order valence-corrected chi connectivity index (χ2v) is 7.82. The summed E-state index contributed by atoms with van der Waals surface area (Å²) in [6.45, 7) is -0.629. The van der Waals surface area contributed by atoms with Crippen LogP contribution in [0, 0.1) is 0 Å². The van der Waals surface area contributed by atoms with E-state index in [2.05, 4.69) is 20.3 Å². The van der Waals surface area contributed by atoms with E-state index in [4.69, 9.17) is 19.9 Å². The molecule has 1 aliphatic heterocycles. The summed E-state index contributed by atoms with van der Waals surface area (Å²) in [6.07, 6.45) is -4.69. The molecular formula is C23H18F2N6O5. The summed E-state index contributed by atoms with van der Waals surface area (Å²) in [5.41, 5.74) is 5.89. The minimum atomic E-state index is -3.82. The van der Waals surface area contributed by atoms with Gasteiger partial charge in [-0.1, -0.05) is 41.6 Å². The third kappa shape index (κ3) is 4.20. The monoisotopic (exact) mass is 496 g/mol. The summed E-state index contributed by atoms with van der Waals surface area (Å²) >= 11 is 0. The average molecular weight is 496 g/mol. The lowest BCUT2D eigenvalue weighted by atomic mass is 10.1. The van der Waals surface area contributed by atoms with Crippen molar-refractivity contribution >= 4 is 28.9 Å². The molecule has 11 nitrogen and oxygen atoms in total. The molecule has 36 heavy (non-hydrogen) atoms. The molecule has 2 aromatic heterocycles. The lowest BCUT2D eigenvalue weighted by molar-refractivity contribution is -0.144. The third-order valence-corrected chi connectivity index (χ3v) is 5.49. The van der Waals surface area contributed by atoms with E-state index in [-0.39, 0.29) is 28.1 Å². The number of fused-ring (bicyclic) bond motifs is 1. The number of nitrogen functional groups attached to an aromatic ring is 1. The summed E-state index contributed by atoms with van der Waals surface area (Å²) in [4.78, 5) is 32.7. The van der Waals surface area contributed by atoms with E-state index >= 15 is 8.78 Å². The molecular weight excluding hydrogens is 478 g/mol. The first-order valence-corrected chi connectivity index (χ1v) is 10.7. The first kappa shape index (κ1) is 23.2. The molecule has 0 amide bonds. The Labute approximate surface area is 201 Å². The lowest BCUT2D eigenvalue weighted by Gasteiger charge is -2.23. The molecule has 184 valence electrons. The summed E-state index contributed by atoms with van der Waals surface area (Å²) in [7, 11) is 0. The van der Waals surface area contributed by atoms with Crippen molar-refractivity contribution in [1.82, 2.24) is 25.0 Å². The molecule has 4 aromatic rings. The number of benzene rings is 2. The van der Waals surface area contributed by atoms with Crippen LogP contribution in [-0.2, 0) is 14.2 Å². The van der Waals surface area contributed by atoms with Crippen molar-refractivity contribution < 1.29 is 32.6 Å². The van der Waals surface area contributed by atoms with E-state index < -0.39 is 42.9 Å². The van der Waals surface area contributed by atoms with Gasteiger partial charge in [0.15, 0.2) is 23.1 Å². The standard InChI is InChI=1S/C23H18F2N6O5/c24-23(25)17(36-21(33)14-9-5-2-6-10-14)15(11-34-20(32)13-7-3-1-4-8-13)35-22(23)31-19-16(29-30-31)18(26)27-12-28-19/h1-10,12,15,17,22H,11H2,(H2,26,27,28)/t15-,17-,22?/m1/s1. The SMILES string of the molecule is Nc1ncnc2c1nnn2C1O[C@H](COC(=O)c2ccccc2)[C@@H](OC(=O)c2ccccc2)C1(F)F. The summed E-state index contributed by atoms with van der Waals surface area (Å²) in [6, 6.07) is 15.6. The smallest absolute Gasteiger partial charge is 0.338 e. The van der Waals surface area contributed by atoms with E-state index in [9.17, 15) is 9.59 Å². The molecule has 0 radical (unpaired) electrons. The molecule has 1 unspecified atom stereocenters. The molecule has 2 aromatic carbocycles. The van der Waals surface area contributed by atoms with Crippen LogP contribution in [0.4, 0.5) is 14.6 Å². The molecule has 0 saturated carbocycles. The molecule has 3 atom stereocenters. The zero-order chi connectivity index (χ0) is 25.3. The lowest BCUT2D eigenvalue weighted by Crippen LogP contribution is -2.43. The fourth-order valence-electron chi connectivity index (χ4n) is 3.73. The van der Waals surface area contributed by atoms with Crippen molar-refractivity contribution in [2.24, 2.45) is 0 Å². The Hall–Kier alpha value is -4.52. The summed E-state index contributed by atoms with van der Waals surface area (Å²) < 4.78 is 48.2. The van der Waals surface area contributed by atoms with Gasteiger partial charge >= 0.3 is 17.9 Å². The second-order valence-electron chi connectivity index (χ2n) is 7.82. The fraction of sp³-hybridized carbons (Fsp3) is 0.217. The van der Waals surface area contributed by atoms with Gasteiger partial charge in [0.2, 0.25) is 6.23 Å². The van der Waals surface area contributed by atoms with E-state index in [0.29, 0.717) is 0 Å². The zero-order valence-electron chi connectivity index (χ0n) is 18.4. The van der Waals surface area contributed by atoms with Crippen LogP contribution in [0.2, 0.25) is 0 Å². The predicted molar refractivity (Wildman–Crippen MR) is 119 cm³/mol. The number of hydrogen-bond donors (Lipinski definition) is 1. The highest BCUT2D eigenvalue weighted by Crippen LogP contribution is 2.45. The number of aromatic nitrogens is 5. The highest BCUT2D eigenvalue weighted by molar-refractivity contribution is 5.90. The molecule has 13 heteroatoms. The number of hydrogen-bond acceptors (Lipinski definition) is 10. The van der Waals surface area contributed by atoms with Gasteiger partial charge in [0.05, 0.1) is 11.1 Å². The van der Waals surface area contributed by atoms with Gasteiger partial charge in [-0.2, -0.15) is 13.5 Å². The first-order valence-electron chi connectivity index (χ1n) is 10.7. The van der Waals surface area contributed by atoms with Gasteiger partial charge < -0.3 is 19.9 Å². The molecule has 0 bridgehead atoms.